The van der Waals surface area contributed by atoms with E-state index in [1.165, 1.54) is 0 Å². The Kier molecular flexibility index (Phi) is 4.59. The largest absolute Gasteiger partial charge is 0.380 e. The van der Waals surface area contributed by atoms with Crippen LogP contribution in [0.4, 0.5) is 5.69 Å². The van der Waals surface area contributed by atoms with Crippen LogP contribution in [-0.2, 0) is 13.0 Å². The molecule has 0 unspecified atom stereocenters. The summed E-state index contributed by atoms with van der Waals surface area (Å²) in [6, 6.07) is 16.5. The molecule has 0 aliphatic carbocycles. The Labute approximate surface area is 159 Å². The van der Waals surface area contributed by atoms with Crippen molar-refractivity contribution < 1.29 is 0 Å². The van der Waals surface area contributed by atoms with Gasteiger partial charge in [0.1, 0.15) is 0 Å². The molecule has 4 rings (SSSR count). The topological polar surface area (TPSA) is 55.6 Å². The van der Waals surface area contributed by atoms with Gasteiger partial charge in [0.05, 0.1) is 11.2 Å². The van der Waals surface area contributed by atoms with E-state index in [1.807, 2.05) is 42.9 Å². The molecule has 0 radical (unpaired) electrons. The summed E-state index contributed by atoms with van der Waals surface area (Å²) >= 11 is 0. The third-order valence-corrected chi connectivity index (χ3v) is 4.65. The van der Waals surface area contributed by atoms with E-state index in [9.17, 15) is 0 Å². The first kappa shape index (κ1) is 17.2. The van der Waals surface area contributed by atoms with E-state index in [4.69, 9.17) is 4.98 Å². The van der Waals surface area contributed by atoms with Crippen molar-refractivity contribution in [2.24, 2.45) is 0 Å². The molecule has 0 saturated carbocycles. The van der Waals surface area contributed by atoms with Gasteiger partial charge in [0.2, 0.25) is 0 Å². The van der Waals surface area contributed by atoms with E-state index >= 15 is 0 Å². The smallest absolute Gasteiger partial charge is 0.153 e. The molecule has 0 atom stereocenters. The number of aryl methyl sites for hydroxylation is 3. The highest BCUT2D eigenvalue weighted by Gasteiger charge is 2.07. The number of benzene rings is 1. The van der Waals surface area contributed by atoms with E-state index in [-0.39, 0.29) is 0 Å². The predicted molar refractivity (Wildman–Crippen MR) is 109 cm³/mol. The van der Waals surface area contributed by atoms with Crippen LogP contribution in [0.1, 0.15) is 29.6 Å². The molecule has 0 aliphatic heterocycles. The first-order chi connectivity index (χ1) is 13.1. The number of aromatic nitrogens is 4. The standard InChI is InChI=1S/C22H23N5/c1-4-18-12-21(19-7-5-6-8-20(19)25-18)23-13-17-9-10-22(24-14-17)27-16(3)11-15(2)26-27/h5-12,14H,4,13H2,1-3H3,(H,23,25). The van der Waals surface area contributed by atoms with Crippen LogP contribution in [-0.4, -0.2) is 19.7 Å². The number of fused-ring (bicyclic) bond motifs is 1. The summed E-state index contributed by atoms with van der Waals surface area (Å²) in [5.74, 6) is 0.840. The lowest BCUT2D eigenvalue weighted by Crippen LogP contribution is -2.05. The number of para-hydroxylation sites is 1. The minimum Gasteiger partial charge on any atom is -0.380 e. The van der Waals surface area contributed by atoms with Gasteiger partial charge in [-0.25, -0.2) is 9.67 Å². The van der Waals surface area contributed by atoms with Gasteiger partial charge < -0.3 is 5.32 Å². The SMILES string of the molecule is CCc1cc(NCc2ccc(-n3nc(C)cc3C)nc2)c2ccccc2n1. The summed E-state index contributed by atoms with van der Waals surface area (Å²) in [5, 5.41) is 9.18. The van der Waals surface area contributed by atoms with E-state index in [1.54, 1.807) is 0 Å². The quantitative estimate of drug-likeness (QED) is 0.567. The first-order valence-corrected chi connectivity index (χ1v) is 9.25. The normalized spacial score (nSPS) is 11.1. The fourth-order valence-corrected chi connectivity index (χ4v) is 3.26. The highest BCUT2D eigenvalue weighted by Crippen LogP contribution is 2.24. The van der Waals surface area contributed by atoms with Crippen LogP contribution in [0.2, 0.25) is 0 Å². The van der Waals surface area contributed by atoms with Crippen molar-refractivity contribution in [2.75, 3.05) is 5.32 Å². The monoisotopic (exact) mass is 357 g/mol. The van der Waals surface area contributed by atoms with Gasteiger partial charge in [0.15, 0.2) is 5.82 Å². The first-order valence-electron chi connectivity index (χ1n) is 9.25. The second kappa shape index (κ2) is 7.19. The van der Waals surface area contributed by atoms with Gasteiger partial charge >= 0.3 is 0 Å². The maximum Gasteiger partial charge on any atom is 0.153 e. The molecule has 1 N–H and O–H groups in total. The summed E-state index contributed by atoms with van der Waals surface area (Å²) in [5.41, 5.74) is 6.43. The van der Waals surface area contributed by atoms with E-state index in [2.05, 4.69) is 52.7 Å². The van der Waals surface area contributed by atoms with Crippen molar-refractivity contribution in [1.82, 2.24) is 19.7 Å². The number of nitrogens with zero attached hydrogens (tertiary/aromatic N) is 4. The molecule has 0 amide bonds. The maximum atomic E-state index is 4.70. The van der Waals surface area contributed by atoms with Gasteiger partial charge in [-0.3, -0.25) is 4.98 Å². The fourth-order valence-electron chi connectivity index (χ4n) is 3.26. The second-order valence-electron chi connectivity index (χ2n) is 6.75. The molecule has 0 aliphatic rings. The zero-order chi connectivity index (χ0) is 18.8. The van der Waals surface area contributed by atoms with Crippen LogP contribution in [0.25, 0.3) is 16.7 Å². The van der Waals surface area contributed by atoms with Crippen molar-refractivity contribution in [3.05, 3.63) is 77.4 Å². The summed E-state index contributed by atoms with van der Waals surface area (Å²) < 4.78 is 1.87. The molecular weight excluding hydrogens is 334 g/mol. The summed E-state index contributed by atoms with van der Waals surface area (Å²) in [6.45, 7) is 6.87. The van der Waals surface area contributed by atoms with Crippen molar-refractivity contribution in [3.63, 3.8) is 0 Å². The number of nitrogens with one attached hydrogen (secondary N) is 1. The summed E-state index contributed by atoms with van der Waals surface area (Å²) in [7, 11) is 0. The van der Waals surface area contributed by atoms with Crippen LogP contribution in [0.3, 0.4) is 0 Å². The lowest BCUT2D eigenvalue weighted by atomic mass is 10.1. The molecular formula is C22H23N5. The molecule has 5 heteroatoms. The average Bonchev–Trinajstić information content (AvgIpc) is 3.04. The van der Waals surface area contributed by atoms with E-state index in [0.717, 1.165) is 51.5 Å². The molecule has 1 aromatic carbocycles. The summed E-state index contributed by atoms with van der Waals surface area (Å²) in [6.07, 6.45) is 2.82. The van der Waals surface area contributed by atoms with Crippen LogP contribution in [0.5, 0.6) is 0 Å². The van der Waals surface area contributed by atoms with Crippen LogP contribution >= 0.6 is 0 Å². The Bertz CT molecular complexity index is 1080. The van der Waals surface area contributed by atoms with Crippen LogP contribution < -0.4 is 5.32 Å². The molecule has 0 spiro atoms. The number of hydrogen-bond acceptors (Lipinski definition) is 4. The number of anilines is 1. The van der Waals surface area contributed by atoms with Crippen LogP contribution in [0.15, 0.2) is 54.7 Å². The molecule has 0 fully saturated rings. The molecule has 4 aromatic rings. The molecule has 3 aromatic heterocycles. The highest BCUT2D eigenvalue weighted by molar-refractivity contribution is 5.91. The van der Waals surface area contributed by atoms with Gasteiger partial charge in [0.25, 0.3) is 0 Å². The molecule has 0 bridgehead atoms. The van der Waals surface area contributed by atoms with Crippen molar-refractivity contribution >= 4 is 16.6 Å². The Morgan fingerprint density at radius 2 is 1.89 bits per heavy atom. The fraction of sp³-hybridized carbons (Fsp3) is 0.227. The second-order valence-corrected chi connectivity index (χ2v) is 6.75. The lowest BCUT2D eigenvalue weighted by molar-refractivity contribution is 0.804. The average molecular weight is 357 g/mol. The third-order valence-electron chi connectivity index (χ3n) is 4.65. The Hall–Kier alpha value is -3.21. The zero-order valence-corrected chi connectivity index (χ0v) is 15.9. The predicted octanol–water partition coefficient (Wildman–Crippen LogP) is 4.61. The Morgan fingerprint density at radius 3 is 2.59 bits per heavy atom. The molecule has 5 nitrogen and oxygen atoms in total. The van der Waals surface area contributed by atoms with Crippen molar-refractivity contribution in [1.29, 1.82) is 0 Å². The van der Waals surface area contributed by atoms with Gasteiger partial charge in [-0.1, -0.05) is 31.2 Å². The van der Waals surface area contributed by atoms with Gasteiger partial charge in [-0.2, -0.15) is 5.10 Å². The molecule has 27 heavy (non-hydrogen) atoms. The lowest BCUT2D eigenvalue weighted by Gasteiger charge is -2.12. The maximum absolute atomic E-state index is 4.70. The van der Waals surface area contributed by atoms with Gasteiger partial charge in [0, 0.05) is 35.2 Å². The third kappa shape index (κ3) is 3.53. The van der Waals surface area contributed by atoms with Crippen molar-refractivity contribution in [2.45, 2.75) is 33.7 Å². The number of hydrogen-bond donors (Lipinski definition) is 1. The van der Waals surface area contributed by atoms with Crippen LogP contribution in [0, 0.1) is 13.8 Å². The Balaban J connectivity index is 1.55. The van der Waals surface area contributed by atoms with Gasteiger partial charge in [-0.15, -0.1) is 0 Å². The van der Waals surface area contributed by atoms with Crippen molar-refractivity contribution in [3.8, 4) is 5.82 Å². The summed E-state index contributed by atoms with van der Waals surface area (Å²) in [4.78, 5) is 9.28. The molecule has 136 valence electrons. The van der Waals surface area contributed by atoms with Gasteiger partial charge in [-0.05, 0) is 50.1 Å². The number of rotatable bonds is 5. The zero-order valence-electron chi connectivity index (χ0n) is 15.9. The number of pyridine rings is 2. The minimum absolute atomic E-state index is 0.710. The highest BCUT2D eigenvalue weighted by atomic mass is 15.3. The van der Waals surface area contributed by atoms with E-state index < -0.39 is 0 Å². The Morgan fingerprint density at radius 1 is 1.04 bits per heavy atom. The molecule has 3 heterocycles. The van der Waals surface area contributed by atoms with E-state index in [0.29, 0.717) is 6.54 Å². The molecule has 0 saturated heterocycles. The minimum atomic E-state index is 0.710.